The largest absolute Gasteiger partial charge is 0.438 e. The number of carbonyl (C=O) groups excluding carboxylic acids is 1. The zero-order chi connectivity index (χ0) is 21.3. The van der Waals surface area contributed by atoms with Crippen LogP contribution in [0.2, 0.25) is 5.02 Å². The zero-order valence-corrected chi connectivity index (χ0v) is 17.1. The molecule has 0 spiro atoms. The standard InChI is InChI=1S/C24H18ClFN2O2/c1-14-7-10-20(15(2)11-14)27-23(29)18-12-16-5-3-4-6-22(16)30-24(18)28-21-13-17(25)8-9-19(21)26/h3-13H,1-2H3,(H,27,29). The molecule has 1 heterocycles. The van der Waals surface area contributed by atoms with Crippen molar-refractivity contribution >= 4 is 39.9 Å². The molecule has 0 atom stereocenters. The van der Waals surface area contributed by atoms with Crippen LogP contribution in [-0.4, -0.2) is 5.91 Å². The van der Waals surface area contributed by atoms with Gasteiger partial charge in [0.25, 0.3) is 5.91 Å². The number of amides is 1. The molecular formula is C24H18ClFN2O2. The molecule has 0 aliphatic carbocycles. The number of anilines is 1. The van der Waals surface area contributed by atoms with E-state index in [9.17, 15) is 9.18 Å². The summed E-state index contributed by atoms with van der Waals surface area (Å²) >= 11 is 5.98. The van der Waals surface area contributed by atoms with Crippen molar-refractivity contribution in [2.24, 2.45) is 4.99 Å². The monoisotopic (exact) mass is 420 g/mol. The second-order valence-corrected chi connectivity index (χ2v) is 7.42. The fraction of sp³-hybridized carbons (Fsp3) is 0.0833. The maximum absolute atomic E-state index is 14.2. The van der Waals surface area contributed by atoms with E-state index >= 15 is 0 Å². The fourth-order valence-electron chi connectivity index (χ4n) is 3.14. The van der Waals surface area contributed by atoms with Gasteiger partial charge >= 0.3 is 0 Å². The van der Waals surface area contributed by atoms with E-state index in [-0.39, 0.29) is 16.8 Å². The summed E-state index contributed by atoms with van der Waals surface area (Å²) in [6.45, 7) is 3.90. The number of para-hydroxylation sites is 1. The molecule has 0 radical (unpaired) electrons. The van der Waals surface area contributed by atoms with Crippen molar-refractivity contribution < 1.29 is 13.6 Å². The number of nitrogens with one attached hydrogen (secondary N) is 1. The van der Waals surface area contributed by atoms with Crippen molar-refractivity contribution in [3.05, 3.63) is 99.8 Å². The minimum absolute atomic E-state index is 0.00266. The maximum Gasteiger partial charge on any atom is 0.261 e. The van der Waals surface area contributed by atoms with Crippen LogP contribution in [0.1, 0.15) is 21.5 Å². The molecule has 0 unspecified atom stereocenters. The Morgan fingerprint density at radius 1 is 1.03 bits per heavy atom. The van der Waals surface area contributed by atoms with E-state index in [0.29, 0.717) is 16.3 Å². The van der Waals surface area contributed by atoms with Gasteiger partial charge in [0.05, 0.1) is 0 Å². The van der Waals surface area contributed by atoms with Gasteiger partial charge in [-0.15, -0.1) is 0 Å². The summed E-state index contributed by atoms with van der Waals surface area (Å²) in [6.07, 6.45) is 0. The molecule has 0 bridgehead atoms. The molecule has 4 nitrogen and oxygen atoms in total. The zero-order valence-electron chi connectivity index (χ0n) is 16.4. The van der Waals surface area contributed by atoms with Crippen molar-refractivity contribution in [2.75, 3.05) is 5.32 Å². The number of benzene rings is 3. The molecule has 150 valence electrons. The molecule has 1 amide bonds. The Morgan fingerprint density at radius 3 is 2.63 bits per heavy atom. The number of fused-ring (bicyclic) bond motifs is 1. The van der Waals surface area contributed by atoms with Gasteiger partial charge in [-0.1, -0.05) is 47.5 Å². The summed E-state index contributed by atoms with van der Waals surface area (Å²) in [5.74, 6) is -0.971. The summed E-state index contributed by atoms with van der Waals surface area (Å²) in [6, 6.07) is 18.7. The molecule has 30 heavy (non-hydrogen) atoms. The number of carbonyl (C=O) groups is 1. The van der Waals surface area contributed by atoms with E-state index < -0.39 is 11.7 Å². The summed E-state index contributed by atoms with van der Waals surface area (Å²) in [5.41, 5.74) is 3.41. The maximum atomic E-state index is 14.2. The van der Waals surface area contributed by atoms with Crippen molar-refractivity contribution in [1.29, 1.82) is 0 Å². The highest BCUT2D eigenvalue weighted by atomic mass is 35.5. The second kappa shape index (κ2) is 8.13. The molecule has 1 aromatic heterocycles. The molecule has 4 rings (SSSR count). The molecule has 1 N–H and O–H groups in total. The molecule has 0 aliphatic rings. The third kappa shape index (κ3) is 4.11. The lowest BCUT2D eigenvalue weighted by Crippen LogP contribution is -2.22. The molecular weight excluding hydrogens is 403 g/mol. The lowest BCUT2D eigenvalue weighted by molar-refractivity contribution is 0.102. The van der Waals surface area contributed by atoms with Gasteiger partial charge in [0, 0.05) is 16.1 Å². The minimum Gasteiger partial charge on any atom is -0.438 e. The predicted octanol–water partition coefficient (Wildman–Crippen LogP) is 6.33. The SMILES string of the molecule is Cc1ccc(NC(=O)c2cc3ccccc3oc2=Nc2cc(Cl)ccc2F)c(C)c1. The lowest BCUT2D eigenvalue weighted by atomic mass is 10.1. The number of nitrogens with zero attached hydrogens (tertiary/aromatic N) is 1. The molecule has 0 aliphatic heterocycles. The van der Waals surface area contributed by atoms with Gasteiger partial charge in [-0.3, -0.25) is 4.79 Å². The van der Waals surface area contributed by atoms with E-state index in [1.54, 1.807) is 12.1 Å². The highest BCUT2D eigenvalue weighted by Gasteiger charge is 2.15. The van der Waals surface area contributed by atoms with Gasteiger partial charge in [0.1, 0.15) is 22.7 Å². The predicted molar refractivity (Wildman–Crippen MR) is 117 cm³/mol. The van der Waals surface area contributed by atoms with Gasteiger partial charge in [0.2, 0.25) is 5.55 Å². The lowest BCUT2D eigenvalue weighted by Gasteiger charge is -2.10. The minimum atomic E-state index is -0.566. The summed E-state index contributed by atoms with van der Waals surface area (Å²) in [4.78, 5) is 17.4. The molecule has 0 saturated carbocycles. The smallest absolute Gasteiger partial charge is 0.261 e. The van der Waals surface area contributed by atoms with Crippen LogP contribution in [0.4, 0.5) is 15.8 Å². The van der Waals surface area contributed by atoms with Gasteiger partial charge in [-0.2, -0.15) is 0 Å². The molecule has 6 heteroatoms. The number of hydrogen-bond donors (Lipinski definition) is 1. The molecule has 4 aromatic rings. The summed E-state index contributed by atoms with van der Waals surface area (Å²) in [7, 11) is 0. The first-order chi connectivity index (χ1) is 14.4. The van der Waals surface area contributed by atoms with E-state index in [1.165, 1.54) is 18.2 Å². The van der Waals surface area contributed by atoms with Crippen LogP contribution in [0.3, 0.4) is 0 Å². The van der Waals surface area contributed by atoms with E-state index in [1.807, 2.05) is 50.2 Å². The van der Waals surface area contributed by atoms with Crippen LogP contribution >= 0.6 is 11.6 Å². The third-order valence-electron chi connectivity index (χ3n) is 4.66. The first-order valence-corrected chi connectivity index (χ1v) is 9.70. The highest BCUT2D eigenvalue weighted by Crippen LogP contribution is 2.23. The van der Waals surface area contributed by atoms with Crippen molar-refractivity contribution in [3.63, 3.8) is 0 Å². The summed E-state index contributed by atoms with van der Waals surface area (Å²) < 4.78 is 20.1. The van der Waals surface area contributed by atoms with E-state index in [0.717, 1.165) is 16.5 Å². The Labute approximate surface area is 177 Å². The number of halogens is 2. The Morgan fingerprint density at radius 2 is 1.83 bits per heavy atom. The Balaban J connectivity index is 1.87. The number of rotatable bonds is 3. The Hall–Kier alpha value is -3.44. The summed E-state index contributed by atoms with van der Waals surface area (Å²) in [5, 5.41) is 3.95. The van der Waals surface area contributed by atoms with Gasteiger partial charge in [-0.05, 0) is 55.8 Å². The van der Waals surface area contributed by atoms with Crippen molar-refractivity contribution in [2.45, 2.75) is 13.8 Å². The van der Waals surface area contributed by atoms with Crippen LogP contribution in [-0.2, 0) is 0 Å². The average Bonchev–Trinajstić information content (AvgIpc) is 2.72. The van der Waals surface area contributed by atoms with Gasteiger partial charge in [0.15, 0.2) is 0 Å². The third-order valence-corrected chi connectivity index (χ3v) is 4.90. The molecule has 3 aromatic carbocycles. The second-order valence-electron chi connectivity index (χ2n) is 6.98. The van der Waals surface area contributed by atoms with Gasteiger partial charge < -0.3 is 9.73 Å². The first kappa shape index (κ1) is 19.9. The van der Waals surface area contributed by atoms with Crippen LogP contribution in [0.15, 0.2) is 76.1 Å². The van der Waals surface area contributed by atoms with Crippen molar-refractivity contribution in [1.82, 2.24) is 0 Å². The highest BCUT2D eigenvalue weighted by molar-refractivity contribution is 6.30. The van der Waals surface area contributed by atoms with Crippen LogP contribution in [0, 0.1) is 19.7 Å². The number of aryl methyl sites for hydroxylation is 2. The van der Waals surface area contributed by atoms with Crippen LogP contribution in [0.5, 0.6) is 0 Å². The quantitative estimate of drug-likeness (QED) is 0.421. The Bertz CT molecular complexity index is 1340. The average molecular weight is 421 g/mol. The molecule has 0 fully saturated rings. The van der Waals surface area contributed by atoms with E-state index in [4.69, 9.17) is 16.0 Å². The normalized spacial score (nSPS) is 11.7. The topological polar surface area (TPSA) is 54.6 Å². The first-order valence-electron chi connectivity index (χ1n) is 9.32. The van der Waals surface area contributed by atoms with Crippen LogP contribution < -0.4 is 10.9 Å². The van der Waals surface area contributed by atoms with Gasteiger partial charge in [-0.25, -0.2) is 9.38 Å². The number of hydrogen-bond acceptors (Lipinski definition) is 3. The fourth-order valence-corrected chi connectivity index (χ4v) is 3.31. The van der Waals surface area contributed by atoms with Crippen LogP contribution in [0.25, 0.3) is 11.0 Å². The molecule has 0 saturated heterocycles. The van der Waals surface area contributed by atoms with Crippen molar-refractivity contribution in [3.8, 4) is 0 Å². The van der Waals surface area contributed by atoms with E-state index in [2.05, 4.69) is 10.3 Å². The Kier molecular flexibility index (Phi) is 5.38.